The van der Waals surface area contributed by atoms with E-state index in [4.69, 9.17) is 9.47 Å². The van der Waals surface area contributed by atoms with Gasteiger partial charge < -0.3 is 14.4 Å². The minimum absolute atomic E-state index is 0.00964. The van der Waals surface area contributed by atoms with Crippen LogP contribution in [0.3, 0.4) is 0 Å². The quantitative estimate of drug-likeness (QED) is 0.601. The lowest BCUT2D eigenvalue weighted by Crippen LogP contribution is -2.30. The van der Waals surface area contributed by atoms with E-state index in [2.05, 4.69) is 10.1 Å². The zero-order valence-electron chi connectivity index (χ0n) is 16.3. The van der Waals surface area contributed by atoms with E-state index in [0.717, 1.165) is 11.1 Å². The Bertz CT molecular complexity index is 908. The Morgan fingerprint density at radius 1 is 1.04 bits per heavy atom. The first-order valence-corrected chi connectivity index (χ1v) is 9.06. The molecular formula is C21H24N4O3. The molecule has 0 radical (unpaired) electrons. The lowest BCUT2D eigenvalue weighted by Gasteiger charge is -2.22. The highest BCUT2D eigenvalue weighted by molar-refractivity contribution is 5.94. The van der Waals surface area contributed by atoms with Crippen molar-refractivity contribution >= 4 is 5.91 Å². The molecular weight excluding hydrogens is 356 g/mol. The zero-order chi connectivity index (χ0) is 19.9. The molecule has 0 fully saturated rings. The standard InChI is InChI=1S/C21H24N4O3/c1-4-24(12-17-7-10-19(27-2)20(11-17)28-3)21(26)18-8-5-16(6-9-18)13-25-15-22-14-23-25/h5-11,14-15H,4,12-13H2,1-3H3. The van der Waals surface area contributed by atoms with Crippen LogP contribution in [0.15, 0.2) is 55.1 Å². The van der Waals surface area contributed by atoms with Crippen LogP contribution in [0.5, 0.6) is 11.5 Å². The summed E-state index contributed by atoms with van der Waals surface area (Å²) in [6.45, 7) is 3.69. The Balaban J connectivity index is 1.70. The molecule has 7 nitrogen and oxygen atoms in total. The molecule has 28 heavy (non-hydrogen) atoms. The molecule has 0 aliphatic rings. The third kappa shape index (κ3) is 4.49. The molecule has 3 aromatic rings. The van der Waals surface area contributed by atoms with Gasteiger partial charge in [0.2, 0.25) is 0 Å². The summed E-state index contributed by atoms with van der Waals surface area (Å²) in [6.07, 6.45) is 3.17. The smallest absolute Gasteiger partial charge is 0.254 e. The first-order valence-electron chi connectivity index (χ1n) is 9.06. The van der Waals surface area contributed by atoms with Crippen LogP contribution in [0.4, 0.5) is 0 Å². The number of amides is 1. The number of methoxy groups -OCH3 is 2. The number of aromatic nitrogens is 3. The molecule has 0 aliphatic heterocycles. The Morgan fingerprint density at radius 3 is 2.36 bits per heavy atom. The Hall–Kier alpha value is -3.35. The van der Waals surface area contributed by atoms with Crippen LogP contribution in [0.1, 0.15) is 28.4 Å². The first kappa shape index (κ1) is 19.4. The summed E-state index contributed by atoms with van der Waals surface area (Å²) in [7, 11) is 3.21. The van der Waals surface area contributed by atoms with E-state index in [1.807, 2.05) is 49.4 Å². The van der Waals surface area contributed by atoms with Gasteiger partial charge in [0, 0.05) is 18.7 Å². The van der Waals surface area contributed by atoms with Crippen molar-refractivity contribution in [1.82, 2.24) is 19.7 Å². The maximum absolute atomic E-state index is 12.9. The molecule has 146 valence electrons. The van der Waals surface area contributed by atoms with Crippen LogP contribution in [0.2, 0.25) is 0 Å². The predicted molar refractivity (Wildman–Crippen MR) is 106 cm³/mol. The third-order valence-electron chi connectivity index (χ3n) is 4.50. The SMILES string of the molecule is CCN(Cc1ccc(OC)c(OC)c1)C(=O)c1ccc(Cn2cncn2)cc1. The molecule has 2 aromatic carbocycles. The van der Waals surface area contributed by atoms with E-state index >= 15 is 0 Å². The van der Waals surface area contributed by atoms with Crippen LogP contribution in [-0.4, -0.2) is 46.3 Å². The number of benzene rings is 2. The van der Waals surface area contributed by atoms with Gasteiger partial charge in [-0.25, -0.2) is 9.67 Å². The number of nitrogens with zero attached hydrogens (tertiary/aromatic N) is 4. The van der Waals surface area contributed by atoms with Gasteiger partial charge in [-0.2, -0.15) is 5.10 Å². The monoisotopic (exact) mass is 380 g/mol. The van der Waals surface area contributed by atoms with E-state index in [1.54, 1.807) is 30.1 Å². The summed E-state index contributed by atoms with van der Waals surface area (Å²) >= 11 is 0. The van der Waals surface area contributed by atoms with Crippen LogP contribution in [0.25, 0.3) is 0 Å². The molecule has 1 heterocycles. The average molecular weight is 380 g/mol. The van der Waals surface area contributed by atoms with Gasteiger partial charge in [0.25, 0.3) is 5.91 Å². The summed E-state index contributed by atoms with van der Waals surface area (Å²) in [4.78, 5) is 18.7. The van der Waals surface area contributed by atoms with Crippen molar-refractivity contribution in [2.24, 2.45) is 0 Å². The van der Waals surface area contributed by atoms with Crippen molar-refractivity contribution in [3.8, 4) is 11.5 Å². The Kier molecular flexibility index (Phi) is 6.26. The van der Waals surface area contributed by atoms with Crippen molar-refractivity contribution in [3.63, 3.8) is 0 Å². The minimum atomic E-state index is -0.00964. The van der Waals surface area contributed by atoms with Crippen molar-refractivity contribution < 1.29 is 14.3 Å². The molecule has 0 saturated carbocycles. The van der Waals surface area contributed by atoms with E-state index in [1.165, 1.54) is 6.33 Å². The summed E-state index contributed by atoms with van der Waals surface area (Å²) in [6, 6.07) is 13.3. The van der Waals surface area contributed by atoms with Crippen LogP contribution in [0, 0.1) is 0 Å². The normalized spacial score (nSPS) is 10.5. The molecule has 0 N–H and O–H groups in total. The molecule has 0 aliphatic carbocycles. The summed E-state index contributed by atoms with van der Waals surface area (Å²) in [5.74, 6) is 1.31. The lowest BCUT2D eigenvalue weighted by molar-refractivity contribution is 0.0752. The molecule has 0 unspecified atom stereocenters. The van der Waals surface area contributed by atoms with Crippen molar-refractivity contribution in [2.45, 2.75) is 20.0 Å². The van der Waals surface area contributed by atoms with E-state index in [0.29, 0.717) is 36.7 Å². The topological polar surface area (TPSA) is 69.5 Å². The van der Waals surface area contributed by atoms with Gasteiger partial charge in [0.15, 0.2) is 11.5 Å². The number of carbonyl (C=O) groups is 1. The summed E-state index contributed by atoms with van der Waals surface area (Å²) in [5, 5.41) is 4.10. The van der Waals surface area contributed by atoms with E-state index in [9.17, 15) is 4.79 Å². The zero-order valence-corrected chi connectivity index (χ0v) is 16.3. The van der Waals surface area contributed by atoms with E-state index < -0.39 is 0 Å². The van der Waals surface area contributed by atoms with Crippen LogP contribution < -0.4 is 9.47 Å². The summed E-state index contributed by atoms with van der Waals surface area (Å²) < 4.78 is 12.4. The lowest BCUT2D eigenvalue weighted by atomic mass is 10.1. The number of rotatable bonds is 8. The van der Waals surface area contributed by atoms with Gasteiger partial charge in [-0.05, 0) is 42.3 Å². The molecule has 0 bridgehead atoms. The molecule has 0 spiro atoms. The molecule has 1 amide bonds. The largest absolute Gasteiger partial charge is 0.493 e. The number of hydrogen-bond donors (Lipinski definition) is 0. The molecule has 0 atom stereocenters. The minimum Gasteiger partial charge on any atom is -0.493 e. The molecule has 7 heteroatoms. The fourth-order valence-electron chi connectivity index (χ4n) is 2.96. The first-order chi connectivity index (χ1) is 13.6. The molecule has 1 aromatic heterocycles. The second-order valence-corrected chi connectivity index (χ2v) is 6.30. The second kappa shape index (κ2) is 9.03. The van der Waals surface area contributed by atoms with Crippen molar-refractivity contribution in [3.05, 3.63) is 71.8 Å². The molecule has 0 saturated heterocycles. The van der Waals surface area contributed by atoms with Crippen LogP contribution >= 0.6 is 0 Å². The highest BCUT2D eigenvalue weighted by atomic mass is 16.5. The fourth-order valence-corrected chi connectivity index (χ4v) is 2.96. The number of ether oxygens (including phenoxy) is 2. The van der Waals surface area contributed by atoms with Gasteiger partial charge in [0.05, 0.1) is 20.8 Å². The van der Waals surface area contributed by atoms with Crippen molar-refractivity contribution in [2.75, 3.05) is 20.8 Å². The van der Waals surface area contributed by atoms with E-state index in [-0.39, 0.29) is 5.91 Å². The van der Waals surface area contributed by atoms with Gasteiger partial charge in [-0.1, -0.05) is 18.2 Å². The summed E-state index contributed by atoms with van der Waals surface area (Å²) in [5.41, 5.74) is 2.70. The van der Waals surface area contributed by atoms with Gasteiger partial charge in [-0.3, -0.25) is 4.79 Å². The van der Waals surface area contributed by atoms with Crippen LogP contribution in [-0.2, 0) is 13.1 Å². The Morgan fingerprint density at radius 2 is 1.75 bits per heavy atom. The Labute approximate surface area is 164 Å². The molecule has 3 rings (SSSR count). The highest BCUT2D eigenvalue weighted by Gasteiger charge is 2.16. The number of carbonyl (C=O) groups excluding carboxylic acids is 1. The second-order valence-electron chi connectivity index (χ2n) is 6.30. The fraction of sp³-hybridized carbons (Fsp3) is 0.286. The number of hydrogen-bond acceptors (Lipinski definition) is 5. The van der Waals surface area contributed by atoms with Crippen molar-refractivity contribution in [1.29, 1.82) is 0 Å². The highest BCUT2D eigenvalue weighted by Crippen LogP contribution is 2.28. The third-order valence-corrected chi connectivity index (χ3v) is 4.50. The average Bonchev–Trinajstić information content (AvgIpc) is 3.25. The van der Waals surface area contributed by atoms with Gasteiger partial charge >= 0.3 is 0 Å². The maximum Gasteiger partial charge on any atom is 0.254 e. The van der Waals surface area contributed by atoms with Gasteiger partial charge in [-0.15, -0.1) is 0 Å². The predicted octanol–water partition coefficient (Wildman–Crippen LogP) is 3.01. The maximum atomic E-state index is 12.9. The van der Waals surface area contributed by atoms with Gasteiger partial charge in [0.1, 0.15) is 12.7 Å².